The van der Waals surface area contributed by atoms with Crippen LogP contribution in [-0.2, 0) is 8.85 Å². The summed E-state index contributed by atoms with van der Waals surface area (Å²) in [4.78, 5) is 0. The van der Waals surface area contributed by atoms with Gasteiger partial charge >= 0.3 is 8.56 Å². The zero-order valence-corrected chi connectivity index (χ0v) is 13.9. The summed E-state index contributed by atoms with van der Waals surface area (Å²) >= 11 is 0. The first kappa shape index (κ1) is 17.1. The molecule has 0 aliphatic carbocycles. The Labute approximate surface area is 109 Å². The SMILES string of the molecule is CC[Si](CC(C)C)(OCC(C)C)OCC(C)C. The molecule has 0 aromatic rings. The first-order valence-electron chi connectivity index (χ1n) is 7.09. The van der Waals surface area contributed by atoms with E-state index in [4.69, 9.17) is 8.85 Å². The predicted octanol–water partition coefficient (Wildman–Crippen LogP) is 4.45. The lowest BCUT2D eigenvalue weighted by Crippen LogP contribution is -2.44. The highest BCUT2D eigenvalue weighted by molar-refractivity contribution is 6.67. The lowest BCUT2D eigenvalue weighted by atomic mass is 10.2. The van der Waals surface area contributed by atoms with Gasteiger partial charge in [0.1, 0.15) is 0 Å². The molecule has 17 heavy (non-hydrogen) atoms. The van der Waals surface area contributed by atoms with E-state index in [9.17, 15) is 0 Å². The van der Waals surface area contributed by atoms with Gasteiger partial charge in [0.2, 0.25) is 0 Å². The Kier molecular flexibility index (Phi) is 8.34. The molecule has 0 aliphatic heterocycles. The number of hydrogen-bond donors (Lipinski definition) is 0. The van der Waals surface area contributed by atoms with Gasteiger partial charge in [0, 0.05) is 13.2 Å². The van der Waals surface area contributed by atoms with Crippen molar-refractivity contribution in [2.45, 2.75) is 60.6 Å². The summed E-state index contributed by atoms with van der Waals surface area (Å²) in [6.07, 6.45) is 0. The summed E-state index contributed by atoms with van der Waals surface area (Å²) in [5.41, 5.74) is 0. The van der Waals surface area contributed by atoms with Gasteiger partial charge in [-0.2, -0.15) is 0 Å². The van der Waals surface area contributed by atoms with Gasteiger partial charge in [-0.05, 0) is 29.8 Å². The molecule has 104 valence electrons. The Balaban J connectivity index is 4.50. The van der Waals surface area contributed by atoms with Crippen LogP contribution in [0.3, 0.4) is 0 Å². The third-order valence-electron chi connectivity index (χ3n) is 2.62. The van der Waals surface area contributed by atoms with Crippen LogP contribution >= 0.6 is 0 Å². The monoisotopic (exact) mass is 260 g/mol. The van der Waals surface area contributed by atoms with Crippen molar-refractivity contribution in [2.24, 2.45) is 17.8 Å². The molecule has 0 aromatic carbocycles. The fourth-order valence-electron chi connectivity index (χ4n) is 1.77. The molecule has 2 nitrogen and oxygen atoms in total. The molecular weight excluding hydrogens is 228 g/mol. The van der Waals surface area contributed by atoms with E-state index < -0.39 is 8.56 Å². The van der Waals surface area contributed by atoms with Crippen molar-refractivity contribution >= 4 is 8.56 Å². The van der Waals surface area contributed by atoms with Gasteiger partial charge in [-0.25, -0.2) is 0 Å². The van der Waals surface area contributed by atoms with E-state index in [0.717, 1.165) is 25.3 Å². The molecule has 0 heterocycles. The Bertz CT molecular complexity index is 179. The minimum Gasteiger partial charge on any atom is -0.394 e. The van der Waals surface area contributed by atoms with E-state index in [2.05, 4.69) is 48.5 Å². The van der Waals surface area contributed by atoms with E-state index in [1.165, 1.54) is 0 Å². The topological polar surface area (TPSA) is 18.5 Å². The van der Waals surface area contributed by atoms with Crippen LogP contribution in [0.4, 0.5) is 0 Å². The minimum absolute atomic E-state index is 0.586. The molecule has 0 spiro atoms. The summed E-state index contributed by atoms with van der Waals surface area (Å²) in [6.45, 7) is 17.2. The zero-order valence-electron chi connectivity index (χ0n) is 12.9. The predicted molar refractivity (Wildman–Crippen MR) is 77.5 cm³/mol. The van der Waals surface area contributed by atoms with E-state index in [0.29, 0.717) is 17.8 Å². The second-order valence-corrected chi connectivity index (χ2v) is 9.79. The first-order valence-corrected chi connectivity index (χ1v) is 9.32. The maximum Gasteiger partial charge on any atom is 0.338 e. The molecule has 0 aliphatic rings. The highest BCUT2D eigenvalue weighted by Crippen LogP contribution is 2.25. The summed E-state index contributed by atoms with van der Waals surface area (Å²) in [5.74, 6) is 1.83. The number of hydrogen-bond acceptors (Lipinski definition) is 2. The minimum atomic E-state index is -1.96. The van der Waals surface area contributed by atoms with E-state index in [1.54, 1.807) is 0 Å². The summed E-state index contributed by atoms with van der Waals surface area (Å²) in [6, 6.07) is 2.17. The second kappa shape index (κ2) is 8.28. The Morgan fingerprint density at radius 2 is 1.18 bits per heavy atom. The molecule has 0 N–H and O–H groups in total. The summed E-state index contributed by atoms with van der Waals surface area (Å²) in [7, 11) is -1.96. The lowest BCUT2D eigenvalue weighted by Gasteiger charge is -2.32. The van der Waals surface area contributed by atoms with Gasteiger partial charge < -0.3 is 8.85 Å². The molecule has 0 saturated heterocycles. The second-order valence-electron chi connectivity index (χ2n) is 6.27. The van der Waals surface area contributed by atoms with Crippen molar-refractivity contribution < 1.29 is 8.85 Å². The normalized spacial score (nSPS) is 13.1. The lowest BCUT2D eigenvalue weighted by molar-refractivity contribution is 0.135. The smallest absolute Gasteiger partial charge is 0.338 e. The Hall–Kier alpha value is 0.137. The van der Waals surface area contributed by atoms with Crippen molar-refractivity contribution in [3.63, 3.8) is 0 Å². The quantitative estimate of drug-likeness (QED) is 0.570. The molecule has 0 unspecified atom stereocenters. The standard InChI is InChI=1S/C14H32O2Si/c1-8-17(11-14(6)7,15-9-12(2)3)16-10-13(4)5/h12-14H,8-11H2,1-7H3. The van der Waals surface area contributed by atoms with Gasteiger partial charge in [-0.15, -0.1) is 0 Å². The van der Waals surface area contributed by atoms with Crippen molar-refractivity contribution in [3.05, 3.63) is 0 Å². The van der Waals surface area contributed by atoms with Gasteiger partial charge in [0.25, 0.3) is 0 Å². The summed E-state index contributed by atoms with van der Waals surface area (Å²) < 4.78 is 12.4. The van der Waals surface area contributed by atoms with Crippen LogP contribution in [-0.4, -0.2) is 21.8 Å². The largest absolute Gasteiger partial charge is 0.394 e. The molecule has 0 bridgehead atoms. The van der Waals surface area contributed by atoms with Crippen molar-refractivity contribution in [1.82, 2.24) is 0 Å². The molecule has 0 rings (SSSR count). The van der Waals surface area contributed by atoms with Gasteiger partial charge in [-0.3, -0.25) is 0 Å². The van der Waals surface area contributed by atoms with Crippen LogP contribution in [0.15, 0.2) is 0 Å². The Morgan fingerprint density at radius 1 is 0.765 bits per heavy atom. The highest BCUT2D eigenvalue weighted by atomic mass is 28.4. The van der Waals surface area contributed by atoms with E-state index >= 15 is 0 Å². The highest BCUT2D eigenvalue weighted by Gasteiger charge is 2.36. The Morgan fingerprint density at radius 3 is 1.41 bits per heavy atom. The van der Waals surface area contributed by atoms with Gasteiger partial charge in [0.15, 0.2) is 0 Å². The average molecular weight is 260 g/mol. The van der Waals surface area contributed by atoms with Crippen LogP contribution < -0.4 is 0 Å². The van der Waals surface area contributed by atoms with Crippen LogP contribution in [0, 0.1) is 17.8 Å². The molecule has 0 fully saturated rings. The fraction of sp³-hybridized carbons (Fsp3) is 1.00. The maximum absolute atomic E-state index is 6.22. The van der Waals surface area contributed by atoms with Crippen LogP contribution in [0.25, 0.3) is 0 Å². The van der Waals surface area contributed by atoms with Crippen molar-refractivity contribution in [1.29, 1.82) is 0 Å². The molecule has 3 heteroatoms. The average Bonchev–Trinajstić information content (AvgIpc) is 2.21. The molecule has 0 aromatic heterocycles. The van der Waals surface area contributed by atoms with Crippen LogP contribution in [0.5, 0.6) is 0 Å². The van der Waals surface area contributed by atoms with Crippen molar-refractivity contribution in [3.8, 4) is 0 Å². The molecular formula is C14H32O2Si. The maximum atomic E-state index is 6.22. The summed E-state index contributed by atoms with van der Waals surface area (Å²) in [5, 5.41) is 0. The first-order chi connectivity index (χ1) is 7.81. The van der Waals surface area contributed by atoms with Gasteiger partial charge in [-0.1, -0.05) is 48.5 Å². The fourth-order valence-corrected chi connectivity index (χ4v) is 5.30. The third kappa shape index (κ3) is 7.95. The van der Waals surface area contributed by atoms with E-state index in [1.807, 2.05) is 0 Å². The molecule has 0 atom stereocenters. The zero-order chi connectivity index (χ0) is 13.5. The van der Waals surface area contributed by atoms with Crippen LogP contribution in [0.2, 0.25) is 12.1 Å². The third-order valence-corrected chi connectivity index (χ3v) is 6.52. The van der Waals surface area contributed by atoms with Gasteiger partial charge in [0.05, 0.1) is 0 Å². The number of rotatable bonds is 9. The molecule has 0 amide bonds. The van der Waals surface area contributed by atoms with Crippen molar-refractivity contribution in [2.75, 3.05) is 13.2 Å². The van der Waals surface area contributed by atoms with E-state index in [-0.39, 0.29) is 0 Å². The van der Waals surface area contributed by atoms with Crippen LogP contribution in [0.1, 0.15) is 48.5 Å². The molecule has 0 radical (unpaired) electrons. The molecule has 0 saturated carbocycles.